The highest BCUT2D eigenvalue weighted by molar-refractivity contribution is 6.09. The van der Waals surface area contributed by atoms with Crippen LogP contribution < -0.4 is 4.90 Å². The molecule has 0 spiro atoms. The zero-order valence-corrected chi connectivity index (χ0v) is 33.0. The van der Waals surface area contributed by atoms with Gasteiger partial charge in [0.2, 0.25) is 0 Å². The molecule has 0 atom stereocenters. The maximum Gasteiger partial charge on any atom is 0.0541 e. The summed E-state index contributed by atoms with van der Waals surface area (Å²) in [4.78, 5) is 2.35. The minimum atomic E-state index is 1.09. The monoisotopic (exact) mass is 764 g/mol. The number of anilines is 3. The summed E-state index contributed by atoms with van der Waals surface area (Å²) < 4.78 is 2.41. The lowest BCUT2D eigenvalue weighted by Gasteiger charge is -2.26. The molecule has 0 radical (unpaired) electrons. The highest BCUT2D eigenvalue weighted by atomic mass is 15.1. The number of hydrogen-bond acceptors (Lipinski definition) is 1. The lowest BCUT2D eigenvalue weighted by Crippen LogP contribution is -2.09. The smallest absolute Gasteiger partial charge is 0.0541 e. The van der Waals surface area contributed by atoms with Crippen LogP contribution in [0.25, 0.3) is 82.8 Å². The van der Waals surface area contributed by atoms with E-state index in [1.807, 2.05) is 0 Å². The van der Waals surface area contributed by atoms with Crippen LogP contribution in [-0.2, 0) is 0 Å². The molecule has 0 amide bonds. The topological polar surface area (TPSA) is 8.17 Å². The lowest BCUT2D eigenvalue weighted by atomic mass is 9.97. The standard InChI is InChI=1S/C58H40N2/c1-2-13-41(14-3-1)43-27-33-50(34-28-43)59(52-37-31-45(32-38-52)48-26-25-42-15-4-5-16-46(42)39-48)51-35-29-44(30-36-51)47-17-12-18-49(40-47)53-19-6-9-22-56(53)60-57-23-10-7-20-54(57)55-21-8-11-24-58(55)60/h1-40H. The first-order valence-corrected chi connectivity index (χ1v) is 20.6. The first-order valence-electron chi connectivity index (χ1n) is 20.6. The van der Waals surface area contributed by atoms with Crippen molar-refractivity contribution in [1.29, 1.82) is 0 Å². The van der Waals surface area contributed by atoms with Gasteiger partial charge in [0.1, 0.15) is 0 Å². The zero-order chi connectivity index (χ0) is 39.8. The Balaban J connectivity index is 0.953. The third-order valence-electron chi connectivity index (χ3n) is 11.8. The number of para-hydroxylation sites is 3. The normalized spacial score (nSPS) is 11.3. The van der Waals surface area contributed by atoms with E-state index in [0.717, 1.165) is 17.1 Å². The molecule has 0 aliphatic heterocycles. The van der Waals surface area contributed by atoms with Crippen molar-refractivity contribution in [3.8, 4) is 50.2 Å². The lowest BCUT2D eigenvalue weighted by molar-refractivity contribution is 1.18. The van der Waals surface area contributed by atoms with E-state index in [4.69, 9.17) is 0 Å². The van der Waals surface area contributed by atoms with E-state index in [2.05, 4.69) is 252 Å². The van der Waals surface area contributed by atoms with E-state index in [-0.39, 0.29) is 0 Å². The molecule has 0 aliphatic rings. The van der Waals surface area contributed by atoms with Gasteiger partial charge in [-0.2, -0.15) is 0 Å². The molecule has 2 nitrogen and oxygen atoms in total. The van der Waals surface area contributed by atoms with Crippen molar-refractivity contribution >= 4 is 49.6 Å². The van der Waals surface area contributed by atoms with Gasteiger partial charge in [0, 0.05) is 33.4 Å². The summed E-state index contributed by atoms with van der Waals surface area (Å²) in [7, 11) is 0. The van der Waals surface area contributed by atoms with E-state index in [9.17, 15) is 0 Å². The maximum absolute atomic E-state index is 2.41. The number of hydrogen-bond donors (Lipinski definition) is 0. The maximum atomic E-state index is 2.41. The fraction of sp³-hybridized carbons (Fsp3) is 0. The first kappa shape index (κ1) is 35.2. The fourth-order valence-electron chi connectivity index (χ4n) is 8.82. The van der Waals surface area contributed by atoms with Gasteiger partial charge in [-0.05, 0) is 116 Å². The van der Waals surface area contributed by atoms with Crippen LogP contribution in [-0.4, -0.2) is 4.57 Å². The molecule has 2 heteroatoms. The summed E-state index contributed by atoms with van der Waals surface area (Å²) in [5, 5.41) is 5.03. The molecule has 0 unspecified atom stereocenters. The van der Waals surface area contributed by atoms with Crippen LogP contribution in [0.5, 0.6) is 0 Å². The highest BCUT2D eigenvalue weighted by Gasteiger charge is 2.17. The second-order valence-corrected chi connectivity index (χ2v) is 15.4. The molecule has 0 fully saturated rings. The van der Waals surface area contributed by atoms with Crippen molar-refractivity contribution in [1.82, 2.24) is 4.57 Å². The average molecular weight is 765 g/mol. The van der Waals surface area contributed by atoms with Crippen molar-refractivity contribution in [2.45, 2.75) is 0 Å². The van der Waals surface area contributed by atoms with E-state index >= 15 is 0 Å². The summed E-state index contributed by atoms with van der Waals surface area (Å²) in [6.07, 6.45) is 0. The molecule has 0 aliphatic carbocycles. The van der Waals surface area contributed by atoms with E-state index in [1.165, 1.54) is 82.8 Å². The Morgan fingerprint density at radius 1 is 0.267 bits per heavy atom. The van der Waals surface area contributed by atoms with Gasteiger partial charge >= 0.3 is 0 Å². The number of aromatic nitrogens is 1. The average Bonchev–Trinajstić information content (AvgIpc) is 3.67. The van der Waals surface area contributed by atoms with Crippen molar-refractivity contribution in [3.63, 3.8) is 0 Å². The van der Waals surface area contributed by atoms with Gasteiger partial charge in [-0.1, -0.05) is 176 Å². The molecule has 0 saturated heterocycles. The third kappa shape index (κ3) is 6.41. The van der Waals surface area contributed by atoms with Crippen LogP contribution in [0.4, 0.5) is 17.1 Å². The molecule has 11 aromatic rings. The number of rotatable bonds is 8. The molecule has 11 rings (SSSR count). The molecular formula is C58H40N2. The molecule has 10 aromatic carbocycles. The van der Waals surface area contributed by atoms with Crippen molar-refractivity contribution in [2.75, 3.05) is 4.90 Å². The van der Waals surface area contributed by atoms with Gasteiger partial charge in [-0.15, -0.1) is 0 Å². The van der Waals surface area contributed by atoms with Crippen molar-refractivity contribution in [3.05, 3.63) is 243 Å². The Bertz CT molecular complexity index is 3230. The Hall–Kier alpha value is -7.94. The van der Waals surface area contributed by atoms with Crippen LogP contribution in [0.1, 0.15) is 0 Å². The molecule has 0 bridgehead atoms. The Labute approximate surface area is 350 Å². The van der Waals surface area contributed by atoms with Crippen LogP contribution in [0.2, 0.25) is 0 Å². The Kier molecular flexibility index (Phi) is 8.87. The molecule has 282 valence electrons. The molecule has 0 N–H and O–H groups in total. The number of nitrogens with zero attached hydrogens (tertiary/aromatic N) is 2. The minimum absolute atomic E-state index is 1.09. The van der Waals surface area contributed by atoms with Gasteiger partial charge in [0.15, 0.2) is 0 Å². The zero-order valence-electron chi connectivity index (χ0n) is 33.0. The SMILES string of the molecule is c1ccc(-c2ccc(N(c3ccc(-c4cccc(-c5ccccc5-n5c6ccccc6c6ccccc65)c4)cc3)c3ccc(-c4ccc5ccccc5c4)cc3)cc2)cc1. The van der Waals surface area contributed by atoms with Gasteiger partial charge < -0.3 is 9.47 Å². The van der Waals surface area contributed by atoms with Crippen molar-refractivity contribution < 1.29 is 0 Å². The molecule has 0 saturated carbocycles. The van der Waals surface area contributed by atoms with Gasteiger partial charge in [-0.3, -0.25) is 0 Å². The van der Waals surface area contributed by atoms with Crippen LogP contribution in [0.15, 0.2) is 243 Å². The first-order chi connectivity index (χ1) is 29.7. The van der Waals surface area contributed by atoms with Crippen LogP contribution in [0.3, 0.4) is 0 Å². The number of benzene rings is 10. The van der Waals surface area contributed by atoms with Crippen LogP contribution in [0, 0.1) is 0 Å². The number of fused-ring (bicyclic) bond motifs is 4. The van der Waals surface area contributed by atoms with E-state index in [1.54, 1.807) is 0 Å². The Morgan fingerprint density at radius 2 is 0.700 bits per heavy atom. The predicted octanol–water partition coefficient (Wildman–Crippen LogP) is 16.1. The molecular weight excluding hydrogens is 725 g/mol. The molecule has 1 heterocycles. The summed E-state index contributed by atoms with van der Waals surface area (Å²) in [6.45, 7) is 0. The largest absolute Gasteiger partial charge is 0.311 e. The molecule has 60 heavy (non-hydrogen) atoms. The molecule has 1 aromatic heterocycles. The summed E-state index contributed by atoms with van der Waals surface area (Å²) in [6, 6.07) is 87.8. The van der Waals surface area contributed by atoms with E-state index in [0.29, 0.717) is 0 Å². The third-order valence-corrected chi connectivity index (χ3v) is 11.8. The van der Waals surface area contributed by atoms with Gasteiger partial charge in [0.05, 0.1) is 16.7 Å². The minimum Gasteiger partial charge on any atom is -0.311 e. The second-order valence-electron chi connectivity index (χ2n) is 15.4. The van der Waals surface area contributed by atoms with Crippen LogP contribution >= 0.6 is 0 Å². The summed E-state index contributed by atoms with van der Waals surface area (Å²) >= 11 is 0. The van der Waals surface area contributed by atoms with Gasteiger partial charge in [0.25, 0.3) is 0 Å². The van der Waals surface area contributed by atoms with Crippen molar-refractivity contribution in [2.24, 2.45) is 0 Å². The summed E-state index contributed by atoms with van der Waals surface area (Å²) in [5.74, 6) is 0. The van der Waals surface area contributed by atoms with Gasteiger partial charge in [-0.25, -0.2) is 0 Å². The quantitative estimate of drug-likeness (QED) is 0.150. The summed E-state index contributed by atoms with van der Waals surface area (Å²) in [5.41, 5.74) is 16.4. The fourth-order valence-corrected chi connectivity index (χ4v) is 8.82. The highest BCUT2D eigenvalue weighted by Crippen LogP contribution is 2.40. The second kappa shape index (κ2) is 15.1. The van der Waals surface area contributed by atoms with E-state index < -0.39 is 0 Å². The Morgan fingerprint density at radius 3 is 1.33 bits per heavy atom. The predicted molar refractivity (Wildman–Crippen MR) is 255 cm³/mol.